The van der Waals surface area contributed by atoms with Crippen LogP contribution in [-0.4, -0.2) is 36.8 Å². The molecule has 0 bridgehead atoms. The molecule has 6 heteroatoms. The van der Waals surface area contributed by atoms with Crippen molar-refractivity contribution in [1.82, 2.24) is 10.6 Å². The van der Waals surface area contributed by atoms with Crippen molar-refractivity contribution in [3.63, 3.8) is 0 Å². The quantitative estimate of drug-likeness (QED) is 0.604. The fourth-order valence-electron chi connectivity index (χ4n) is 1.81. The van der Waals surface area contributed by atoms with Gasteiger partial charge >= 0.3 is 12.1 Å². The van der Waals surface area contributed by atoms with E-state index in [1.165, 1.54) is 0 Å². The molecule has 0 spiro atoms. The van der Waals surface area contributed by atoms with Crippen LogP contribution in [-0.2, 0) is 16.1 Å². The molecule has 0 fully saturated rings. The van der Waals surface area contributed by atoms with E-state index in [0.717, 1.165) is 24.9 Å². The molecule has 0 radical (unpaired) electrons. The Bertz CT molecular complexity index is 437. The minimum atomic E-state index is -1.05. The third-order valence-corrected chi connectivity index (χ3v) is 2.97. The van der Waals surface area contributed by atoms with E-state index in [4.69, 9.17) is 9.84 Å². The number of rotatable bonds is 9. The number of nitrogens with one attached hydrogen (secondary N) is 2. The summed E-state index contributed by atoms with van der Waals surface area (Å²) in [5.41, 5.74) is 0.855. The molecule has 21 heavy (non-hydrogen) atoms. The third kappa shape index (κ3) is 7.31. The van der Waals surface area contributed by atoms with Crippen molar-refractivity contribution >= 4 is 12.1 Å². The molecule has 6 nitrogen and oxygen atoms in total. The van der Waals surface area contributed by atoms with Gasteiger partial charge in [0.05, 0.1) is 0 Å². The lowest BCUT2D eigenvalue weighted by atomic mass is 10.1. The lowest BCUT2D eigenvalue weighted by Gasteiger charge is -2.14. The Morgan fingerprint density at radius 1 is 1.24 bits per heavy atom. The Balaban J connectivity index is 2.33. The maximum atomic E-state index is 11.6. The molecule has 0 aliphatic carbocycles. The maximum Gasteiger partial charge on any atom is 0.408 e. The summed E-state index contributed by atoms with van der Waals surface area (Å²) in [5, 5.41) is 14.5. The van der Waals surface area contributed by atoms with E-state index in [2.05, 4.69) is 10.6 Å². The highest BCUT2D eigenvalue weighted by Crippen LogP contribution is 2.04. The van der Waals surface area contributed by atoms with E-state index in [-0.39, 0.29) is 6.61 Å². The van der Waals surface area contributed by atoms with Crippen molar-refractivity contribution in [2.24, 2.45) is 0 Å². The molecule has 1 amide bonds. The Morgan fingerprint density at radius 2 is 1.95 bits per heavy atom. The molecule has 0 saturated carbocycles. The average Bonchev–Trinajstić information content (AvgIpc) is 2.49. The highest BCUT2D eigenvalue weighted by molar-refractivity contribution is 5.79. The molecule has 1 rings (SSSR count). The van der Waals surface area contributed by atoms with Gasteiger partial charge in [-0.3, -0.25) is 0 Å². The first-order chi connectivity index (χ1) is 10.1. The number of benzene rings is 1. The molecular formula is C15H22N2O4. The van der Waals surface area contributed by atoms with E-state index >= 15 is 0 Å². The molecule has 1 aromatic rings. The lowest BCUT2D eigenvalue weighted by molar-refractivity contribution is -0.139. The van der Waals surface area contributed by atoms with Gasteiger partial charge in [-0.25, -0.2) is 9.59 Å². The summed E-state index contributed by atoms with van der Waals surface area (Å²) in [6, 6.07) is 8.32. The molecule has 1 atom stereocenters. The number of carbonyl (C=O) groups is 2. The number of amides is 1. The average molecular weight is 294 g/mol. The highest BCUT2D eigenvalue weighted by Gasteiger charge is 2.20. The van der Waals surface area contributed by atoms with Crippen LogP contribution in [0.2, 0.25) is 0 Å². The van der Waals surface area contributed by atoms with Gasteiger partial charge in [0.25, 0.3) is 0 Å². The summed E-state index contributed by atoms with van der Waals surface area (Å²) in [6.45, 7) is 0.948. The molecule has 0 unspecified atom stereocenters. The van der Waals surface area contributed by atoms with Crippen LogP contribution in [0.3, 0.4) is 0 Å². The van der Waals surface area contributed by atoms with Crippen molar-refractivity contribution < 1.29 is 19.4 Å². The van der Waals surface area contributed by atoms with Crippen LogP contribution < -0.4 is 10.6 Å². The first-order valence-electron chi connectivity index (χ1n) is 6.98. The third-order valence-electron chi connectivity index (χ3n) is 2.97. The summed E-state index contributed by atoms with van der Waals surface area (Å²) in [7, 11) is 1.84. The number of aliphatic carboxylic acids is 1. The fraction of sp³-hybridized carbons (Fsp3) is 0.467. The standard InChI is InChI=1S/C15H22N2O4/c1-16-10-6-5-9-13(14(18)19)17-15(20)21-11-12-7-3-2-4-8-12/h2-4,7-8,13,16H,5-6,9-11H2,1H3,(H,17,20)(H,18,19)/t13-/m0/s1. The molecule has 0 aliphatic heterocycles. The molecule has 1 aromatic carbocycles. The van der Waals surface area contributed by atoms with Gasteiger partial charge in [-0.05, 0) is 38.4 Å². The minimum absolute atomic E-state index is 0.124. The van der Waals surface area contributed by atoms with Gasteiger partial charge in [-0.2, -0.15) is 0 Å². The predicted molar refractivity (Wildman–Crippen MR) is 79.0 cm³/mol. The van der Waals surface area contributed by atoms with Crippen LogP contribution in [0.25, 0.3) is 0 Å². The summed E-state index contributed by atoms with van der Waals surface area (Å²) >= 11 is 0. The molecule has 0 saturated heterocycles. The molecule has 0 heterocycles. The number of hydrogen-bond acceptors (Lipinski definition) is 4. The van der Waals surface area contributed by atoms with Crippen molar-refractivity contribution in [3.8, 4) is 0 Å². The zero-order chi connectivity index (χ0) is 15.5. The second kappa shape index (κ2) is 9.77. The van der Waals surface area contributed by atoms with Crippen LogP contribution in [0.5, 0.6) is 0 Å². The zero-order valence-corrected chi connectivity index (χ0v) is 12.2. The first kappa shape index (κ1) is 17.0. The number of carboxylic acids is 1. The number of carboxylic acid groups (broad SMARTS) is 1. The van der Waals surface area contributed by atoms with Crippen LogP contribution >= 0.6 is 0 Å². The van der Waals surface area contributed by atoms with E-state index in [1.54, 1.807) is 0 Å². The van der Waals surface area contributed by atoms with Crippen LogP contribution in [0.15, 0.2) is 30.3 Å². The van der Waals surface area contributed by atoms with Crippen molar-refractivity contribution in [2.75, 3.05) is 13.6 Å². The van der Waals surface area contributed by atoms with Gasteiger partial charge in [-0.15, -0.1) is 0 Å². The lowest BCUT2D eigenvalue weighted by Crippen LogP contribution is -2.41. The molecule has 116 valence electrons. The molecule has 3 N–H and O–H groups in total. The number of hydrogen-bond donors (Lipinski definition) is 3. The summed E-state index contributed by atoms with van der Waals surface area (Å²) in [6.07, 6.45) is 1.26. The van der Waals surface area contributed by atoms with Gasteiger partial charge in [0.1, 0.15) is 12.6 Å². The topological polar surface area (TPSA) is 87.7 Å². The Hall–Kier alpha value is -2.08. The fourth-order valence-corrected chi connectivity index (χ4v) is 1.81. The minimum Gasteiger partial charge on any atom is -0.480 e. The van der Waals surface area contributed by atoms with Crippen LogP contribution in [0, 0.1) is 0 Å². The monoisotopic (exact) mass is 294 g/mol. The van der Waals surface area contributed by atoms with Gasteiger partial charge in [0, 0.05) is 0 Å². The van der Waals surface area contributed by atoms with Gasteiger partial charge in [-0.1, -0.05) is 30.3 Å². The zero-order valence-electron chi connectivity index (χ0n) is 12.2. The van der Waals surface area contributed by atoms with Crippen LogP contribution in [0.1, 0.15) is 24.8 Å². The second-order valence-corrected chi connectivity index (χ2v) is 4.70. The smallest absolute Gasteiger partial charge is 0.408 e. The molecule has 0 aliphatic rings. The van der Waals surface area contributed by atoms with E-state index in [0.29, 0.717) is 6.42 Å². The van der Waals surface area contributed by atoms with Gasteiger partial charge < -0.3 is 20.5 Å². The van der Waals surface area contributed by atoms with Crippen molar-refractivity contribution in [1.29, 1.82) is 0 Å². The number of alkyl carbamates (subject to hydrolysis) is 1. The maximum absolute atomic E-state index is 11.6. The van der Waals surface area contributed by atoms with Crippen molar-refractivity contribution in [2.45, 2.75) is 31.9 Å². The van der Waals surface area contributed by atoms with E-state index in [1.807, 2.05) is 37.4 Å². The van der Waals surface area contributed by atoms with E-state index < -0.39 is 18.1 Å². The number of ether oxygens (including phenoxy) is 1. The highest BCUT2D eigenvalue weighted by atomic mass is 16.5. The number of carbonyl (C=O) groups excluding carboxylic acids is 1. The summed E-state index contributed by atoms with van der Waals surface area (Å²) < 4.78 is 5.01. The predicted octanol–water partition coefficient (Wildman–Crippen LogP) is 1.76. The molecular weight excluding hydrogens is 272 g/mol. The second-order valence-electron chi connectivity index (χ2n) is 4.70. The van der Waals surface area contributed by atoms with Gasteiger partial charge in [0.2, 0.25) is 0 Å². The largest absolute Gasteiger partial charge is 0.480 e. The van der Waals surface area contributed by atoms with Crippen molar-refractivity contribution in [3.05, 3.63) is 35.9 Å². The Kier molecular flexibility index (Phi) is 7.89. The van der Waals surface area contributed by atoms with E-state index in [9.17, 15) is 9.59 Å². The molecule has 0 aromatic heterocycles. The van der Waals surface area contributed by atoms with Gasteiger partial charge in [0.15, 0.2) is 0 Å². The normalized spacial score (nSPS) is 11.7. The summed E-state index contributed by atoms with van der Waals surface area (Å²) in [4.78, 5) is 22.7. The Labute approximate surface area is 124 Å². The first-order valence-corrected chi connectivity index (χ1v) is 6.98. The summed E-state index contributed by atoms with van der Waals surface area (Å²) in [5.74, 6) is -1.05. The van der Waals surface area contributed by atoms with Crippen LogP contribution in [0.4, 0.5) is 4.79 Å². The Morgan fingerprint density at radius 3 is 2.57 bits per heavy atom. The SMILES string of the molecule is CNCCCC[C@H](NC(=O)OCc1ccccc1)C(=O)O. The number of unbranched alkanes of at least 4 members (excludes halogenated alkanes) is 1.